The van der Waals surface area contributed by atoms with E-state index in [2.05, 4.69) is 20.6 Å². The van der Waals surface area contributed by atoms with Crippen molar-refractivity contribution in [3.63, 3.8) is 0 Å². The Morgan fingerprint density at radius 1 is 0.829 bits per heavy atom. The second-order valence-electron chi connectivity index (χ2n) is 9.32. The summed E-state index contributed by atoms with van der Waals surface area (Å²) in [4.78, 5) is 31.9. The quantitative estimate of drug-likeness (QED) is 0.378. The van der Waals surface area contributed by atoms with E-state index in [9.17, 15) is 44.3 Å². The standard InChI is InChI=1S/C22H25F6N5O.C2HF3O2/c1-12-29-18(11-19(30-12)33(2)3)31-16-4-6-17(7-5-16)32-20(34)13-8-14(21(23,24)25)10-15(9-13)22(26,27)28;3-2(4,5)1(6)7/h8-11,16-17H,4-7H2,1-3H3,(H,32,34)(H,29,30,31);(H,6,7)/t16-,17+;. The number of anilines is 2. The first kappa shape index (κ1) is 33.4. The number of nitrogens with zero attached hydrogens (tertiary/aromatic N) is 3. The predicted octanol–water partition coefficient (Wildman–Crippen LogP) is 5.68. The number of carbonyl (C=O) groups excluding carboxylic acids is 1. The molecule has 1 saturated carbocycles. The highest BCUT2D eigenvalue weighted by atomic mass is 19.4. The summed E-state index contributed by atoms with van der Waals surface area (Å²) in [6.45, 7) is 1.78. The fourth-order valence-electron chi connectivity index (χ4n) is 3.80. The molecule has 0 bridgehead atoms. The third-order valence-electron chi connectivity index (χ3n) is 5.79. The van der Waals surface area contributed by atoms with Crippen molar-refractivity contribution in [2.45, 2.75) is 63.2 Å². The summed E-state index contributed by atoms with van der Waals surface area (Å²) >= 11 is 0. The van der Waals surface area contributed by atoms with Gasteiger partial charge in [-0.25, -0.2) is 14.8 Å². The first-order chi connectivity index (χ1) is 18.7. The van der Waals surface area contributed by atoms with E-state index in [-0.39, 0.29) is 18.2 Å². The molecule has 0 unspecified atom stereocenters. The minimum absolute atomic E-state index is 0.00419. The van der Waals surface area contributed by atoms with Crippen LogP contribution in [-0.2, 0) is 17.1 Å². The summed E-state index contributed by atoms with van der Waals surface area (Å²) < 4.78 is 110. The number of hydrogen-bond acceptors (Lipinski definition) is 6. The summed E-state index contributed by atoms with van der Waals surface area (Å²) in [5.41, 5.74) is -3.70. The van der Waals surface area contributed by atoms with E-state index in [0.717, 1.165) is 5.82 Å². The van der Waals surface area contributed by atoms with Gasteiger partial charge in [0, 0.05) is 37.8 Å². The summed E-state index contributed by atoms with van der Waals surface area (Å²) in [5.74, 6) is -1.71. The second-order valence-corrected chi connectivity index (χ2v) is 9.32. The minimum Gasteiger partial charge on any atom is -0.475 e. The zero-order valence-corrected chi connectivity index (χ0v) is 21.8. The van der Waals surface area contributed by atoms with Crippen LogP contribution in [0.5, 0.6) is 0 Å². The van der Waals surface area contributed by atoms with Gasteiger partial charge in [0.25, 0.3) is 5.91 Å². The molecule has 1 aliphatic rings. The maximum absolute atomic E-state index is 13.1. The first-order valence-corrected chi connectivity index (χ1v) is 11.9. The molecule has 1 fully saturated rings. The minimum atomic E-state index is -5.08. The lowest BCUT2D eigenvalue weighted by molar-refractivity contribution is -0.192. The number of rotatable bonds is 5. The van der Waals surface area contributed by atoms with Gasteiger partial charge in [-0.05, 0) is 50.8 Å². The van der Waals surface area contributed by atoms with Crippen LogP contribution in [0.1, 0.15) is 53.0 Å². The number of alkyl halides is 9. The molecule has 0 atom stereocenters. The van der Waals surface area contributed by atoms with E-state index in [1.165, 1.54) is 0 Å². The van der Waals surface area contributed by atoms with Crippen LogP contribution in [0.25, 0.3) is 0 Å². The normalized spacial score (nSPS) is 17.7. The Balaban J connectivity index is 0.000000745. The van der Waals surface area contributed by atoms with Crippen LogP contribution >= 0.6 is 0 Å². The number of carbonyl (C=O) groups is 2. The first-order valence-electron chi connectivity index (χ1n) is 11.9. The predicted molar refractivity (Wildman–Crippen MR) is 128 cm³/mol. The molecule has 0 radical (unpaired) electrons. The van der Waals surface area contributed by atoms with Gasteiger partial charge in [-0.2, -0.15) is 39.5 Å². The molecule has 0 aliphatic heterocycles. The fraction of sp³-hybridized carbons (Fsp3) is 0.500. The summed E-state index contributed by atoms with van der Waals surface area (Å²) in [7, 11) is 3.73. The average molecular weight is 603 g/mol. The number of hydrogen-bond donors (Lipinski definition) is 3. The monoisotopic (exact) mass is 603 g/mol. The van der Waals surface area contributed by atoms with Crippen LogP contribution < -0.4 is 15.5 Å². The van der Waals surface area contributed by atoms with Gasteiger partial charge < -0.3 is 20.6 Å². The van der Waals surface area contributed by atoms with Crippen molar-refractivity contribution in [2.75, 3.05) is 24.3 Å². The molecular weight excluding hydrogens is 577 g/mol. The van der Waals surface area contributed by atoms with Crippen molar-refractivity contribution < 1.29 is 54.2 Å². The molecule has 17 heteroatoms. The topological polar surface area (TPSA) is 107 Å². The third kappa shape index (κ3) is 10.3. The van der Waals surface area contributed by atoms with Gasteiger partial charge in [0.05, 0.1) is 11.1 Å². The molecular formula is C24H26F9N5O3. The lowest BCUT2D eigenvalue weighted by atomic mass is 9.91. The molecule has 1 aromatic carbocycles. The summed E-state index contributed by atoms with van der Waals surface area (Å²) in [6.07, 6.45) is -12.8. The maximum atomic E-state index is 13.1. The van der Waals surface area contributed by atoms with Crippen LogP contribution in [0.15, 0.2) is 24.3 Å². The van der Waals surface area contributed by atoms with Crippen LogP contribution in [-0.4, -0.2) is 59.3 Å². The number of aromatic nitrogens is 2. The molecule has 8 nitrogen and oxygen atoms in total. The van der Waals surface area contributed by atoms with Crippen molar-refractivity contribution in [1.29, 1.82) is 0 Å². The molecule has 0 spiro atoms. The summed E-state index contributed by atoms with van der Waals surface area (Å²) in [6, 6.07) is 2.40. The lowest BCUT2D eigenvalue weighted by Gasteiger charge is -2.30. The number of carboxylic acid groups (broad SMARTS) is 1. The average Bonchev–Trinajstić information content (AvgIpc) is 2.83. The van der Waals surface area contributed by atoms with Gasteiger partial charge in [-0.1, -0.05) is 0 Å². The largest absolute Gasteiger partial charge is 0.490 e. The second kappa shape index (κ2) is 12.8. The number of amides is 1. The van der Waals surface area contributed by atoms with Crippen LogP contribution in [0.3, 0.4) is 0 Å². The molecule has 3 N–H and O–H groups in total. The molecule has 1 amide bonds. The molecule has 3 rings (SSSR count). The zero-order chi connectivity index (χ0) is 31.3. The highest BCUT2D eigenvalue weighted by Crippen LogP contribution is 2.36. The van der Waals surface area contributed by atoms with Gasteiger partial charge in [0.1, 0.15) is 17.5 Å². The molecule has 1 aliphatic carbocycles. The molecule has 228 valence electrons. The van der Waals surface area contributed by atoms with E-state index >= 15 is 0 Å². The van der Waals surface area contributed by atoms with Gasteiger partial charge in [0.15, 0.2) is 0 Å². The van der Waals surface area contributed by atoms with Crippen molar-refractivity contribution in [1.82, 2.24) is 15.3 Å². The van der Waals surface area contributed by atoms with Gasteiger partial charge in [-0.3, -0.25) is 4.79 Å². The van der Waals surface area contributed by atoms with Crippen molar-refractivity contribution in [2.24, 2.45) is 0 Å². The maximum Gasteiger partial charge on any atom is 0.490 e. The summed E-state index contributed by atoms with van der Waals surface area (Å²) in [5, 5.41) is 13.0. The Morgan fingerprint density at radius 3 is 1.71 bits per heavy atom. The fourth-order valence-corrected chi connectivity index (χ4v) is 3.80. The van der Waals surface area contributed by atoms with Gasteiger partial charge in [0.2, 0.25) is 0 Å². The SMILES string of the molecule is Cc1nc(N[C@H]2CC[C@@H](NC(=O)c3cc(C(F)(F)F)cc(C(F)(F)F)c3)CC2)cc(N(C)C)n1.O=C(O)C(F)(F)F. The van der Waals surface area contributed by atoms with Gasteiger partial charge in [-0.15, -0.1) is 0 Å². The number of benzene rings is 1. The number of nitrogens with one attached hydrogen (secondary N) is 2. The Kier molecular flexibility index (Phi) is 10.4. The Bertz CT molecular complexity index is 1190. The van der Waals surface area contributed by atoms with Crippen LogP contribution in [0.4, 0.5) is 51.1 Å². The van der Waals surface area contributed by atoms with E-state index in [4.69, 9.17) is 9.90 Å². The number of aliphatic carboxylic acids is 1. The molecule has 2 aromatic rings. The van der Waals surface area contributed by atoms with E-state index in [0.29, 0.717) is 49.5 Å². The van der Waals surface area contributed by atoms with E-state index < -0.39 is 47.1 Å². The number of aryl methyl sites for hydroxylation is 1. The molecule has 1 aromatic heterocycles. The highest BCUT2D eigenvalue weighted by molar-refractivity contribution is 5.94. The Labute approximate surface area is 228 Å². The Hall–Kier alpha value is -3.79. The van der Waals surface area contributed by atoms with Crippen molar-refractivity contribution >= 4 is 23.5 Å². The van der Waals surface area contributed by atoms with Crippen molar-refractivity contribution in [3.8, 4) is 0 Å². The Morgan fingerprint density at radius 2 is 1.29 bits per heavy atom. The highest BCUT2D eigenvalue weighted by Gasteiger charge is 2.39. The lowest BCUT2D eigenvalue weighted by Crippen LogP contribution is -2.40. The van der Waals surface area contributed by atoms with E-state index in [1.807, 2.05) is 25.1 Å². The number of carboxylic acids is 1. The van der Waals surface area contributed by atoms with Crippen LogP contribution in [0, 0.1) is 6.92 Å². The zero-order valence-electron chi connectivity index (χ0n) is 21.8. The van der Waals surface area contributed by atoms with Crippen molar-refractivity contribution in [3.05, 3.63) is 46.8 Å². The molecule has 1 heterocycles. The molecule has 0 saturated heterocycles. The number of halogens is 9. The molecule has 41 heavy (non-hydrogen) atoms. The third-order valence-corrected chi connectivity index (χ3v) is 5.79. The smallest absolute Gasteiger partial charge is 0.475 e. The van der Waals surface area contributed by atoms with E-state index in [1.54, 1.807) is 6.92 Å². The van der Waals surface area contributed by atoms with Gasteiger partial charge >= 0.3 is 24.5 Å². The van der Waals surface area contributed by atoms with Crippen LogP contribution in [0.2, 0.25) is 0 Å².